The van der Waals surface area contributed by atoms with Gasteiger partial charge >= 0.3 is 0 Å². The molecule has 2 aliphatic rings. The molecule has 2 aromatic carbocycles. The highest BCUT2D eigenvalue weighted by molar-refractivity contribution is 6.31. The molecule has 0 spiro atoms. The molecule has 5 heteroatoms. The second-order valence-electron chi connectivity index (χ2n) is 9.31. The molecule has 0 aliphatic carbocycles. The number of fused-ring (bicyclic) bond motifs is 1. The topological polar surface area (TPSA) is 41.6 Å². The van der Waals surface area contributed by atoms with Gasteiger partial charge in [-0.3, -0.25) is 9.69 Å². The highest BCUT2D eigenvalue weighted by Gasteiger charge is 2.36. The molecule has 0 unspecified atom stereocenters. The van der Waals surface area contributed by atoms with Gasteiger partial charge in [-0.2, -0.15) is 0 Å². The van der Waals surface area contributed by atoms with E-state index in [0.29, 0.717) is 0 Å². The molecule has 160 valence electrons. The first-order chi connectivity index (χ1) is 14.3. The summed E-state index contributed by atoms with van der Waals surface area (Å²) in [5.41, 5.74) is 3.14. The molecule has 1 saturated heterocycles. The standard InChI is InChI=1S/C25H31ClN2O2/c1-17-8-9-23-20(14-17)22(15-25(2,3)30-23)27-24(29)18-10-12-28(13-11-18)16-19-6-4-5-7-21(19)26/h4-9,14,18,22H,10-13,15-16H2,1-3H3,(H,27,29)/t22-/m1/s1. The molecule has 0 bridgehead atoms. The molecule has 30 heavy (non-hydrogen) atoms. The van der Waals surface area contributed by atoms with Crippen LogP contribution < -0.4 is 10.1 Å². The van der Waals surface area contributed by atoms with Crippen molar-refractivity contribution in [3.05, 3.63) is 64.2 Å². The number of carbonyl (C=O) groups excluding carboxylic acids is 1. The molecule has 2 aromatic rings. The third-order valence-electron chi connectivity index (χ3n) is 6.25. The number of aryl methyl sites for hydroxylation is 1. The fourth-order valence-corrected chi connectivity index (χ4v) is 4.81. The summed E-state index contributed by atoms with van der Waals surface area (Å²) in [7, 11) is 0. The second-order valence-corrected chi connectivity index (χ2v) is 9.72. The predicted octanol–water partition coefficient (Wildman–Crippen LogP) is 5.28. The number of likely N-dealkylation sites (tertiary alicyclic amines) is 1. The van der Waals surface area contributed by atoms with Crippen LogP contribution in [0.3, 0.4) is 0 Å². The van der Waals surface area contributed by atoms with Gasteiger partial charge < -0.3 is 10.1 Å². The van der Waals surface area contributed by atoms with E-state index < -0.39 is 0 Å². The average Bonchev–Trinajstić information content (AvgIpc) is 2.70. The van der Waals surface area contributed by atoms with E-state index in [4.69, 9.17) is 16.3 Å². The quantitative estimate of drug-likeness (QED) is 0.723. The van der Waals surface area contributed by atoms with Gasteiger partial charge in [-0.25, -0.2) is 0 Å². The van der Waals surface area contributed by atoms with Crippen LogP contribution >= 0.6 is 11.6 Å². The zero-order valence-electron chi connectivity index (χ0n) is 18.1. The molecule has 2 aliphatic heterocycles. The van der Waals surface area contributed by atoms with Crippen LogP contribution in [0.4, 0.5) is 0 Å². The van der Waals surface area contributed by atoms with Crippen molar-refractivity contribution >= 4 is 17.5 Å². The fourth-order valence-electron chi connectivity index (χ4n) is 4.61. The van der Waals surface area contributed by atoms with Crippen LogP contribution in [0, 0.1) is 12.8 Å². The van der Waals surface area contributed by atoms with Gasteiger partial charge in [0.1, 0.15) is 11.4 Å². The lowest BCUT2D eigenvalue weighted by Gasteiger charge is -2.39. The van der Waals surface area contributed by atoms with Crippen molar-refractivity contribution in [1.82, 2.24) is 10.2 Å². The second kappa shape index (κ2) is 8.60. The van der Waals surface area contributed by atoms with Crippen molar-refractivity contribution in [2.24, 2.45) is 5.92 Å². The minimum absolute atomic E-state index is 0.00250. The number of hydrogen-bond donors (Lipinski definition) is 1. The highest BCUT2D eigenvalue weighted by Crippen LogP contribution is 2.40. The van der Waals surface area contributed by atoms with E-state index in [1.165, 1.54) is 5.56 Å². The van der Waals surface area contributed by atoms with Crippen molar-refractivity contribution in [2.75, 3.05) is 13.1 Å². The largest absolute Gasteiger partial charge is 0.487 e. The predicted molar refractivity (Wildman–Crippen MR) is 121 cm³/mol. The Morgan fingerprint density at radius 3 is 2.67 bits per heavy atom. The number of nitrogens with zero attached hydrogens (tertiary/aromatic N) is 1. The number of halogens is 1. The molecule has 0 aromatic heterocycles. The molecule has 1 atom stereocenters. The zero-order chi connectivity index (χ0) is 21.3. The van der Waals surface area contributed by atoms with Crippen LogP contribution in [0.25, 0.3) is 0 Å². The number of ether oxygens (including phenoxy) is 1. The minimum atomic E-state index is -0.293. The number of hydrogen-bond acceptors (Lipinski definition) is 3. The zero-order valence-corrected chi connectivity index (χ0v) is 18.8. The fraction of sp³-hybridized carbons (Fsp3) is 0.480. The molecule has 1 fully saturated rings. The van der Waals surface area contributed by atoms with Crippen LogP contribution in [0.15, 0.2) is 42.5 Å². The maximum Gasteiger partial charge on any atom is 0.223 e. The van der Waals surface area contributed by atoms with E-state index in [-0.39, 0.29) is 23.5 Å². The SMILES string of the molecule is Cc1ccc2c(c1)[C@H](NC(=O)C1CCN(Cc3ccccc3Cl)CC1)CC(C)(C)O2. The van der Waals surface area contributed by atoms with E-state index in [1.54, 1.807) is 0 Å². The summed E-state index contributed by atoms with van der Waals surface area (Å²) in [4.78, 5) is 15.5. The summed E-state index contributed by atoms with van der Waals surface area (Å²) in [6, 6.07) is 14.2. The lowest BCUT2D eigenvalue weighted by molar-refractivity contribution is -0.127. The van der Waals surface area contributed by atoms with Gasteiger partial charge in [-0.05, 0) is 64.4 Å². The van der Waals surface area contributed by atoms with E-state index in [1.807, 2.05) is 24.3 Å². The summed E-state index contributed by atoms with van der Waals surface area (Å²) in [5, 5.41) is 4.16. The number of benzene rings is 2. The van der Waals surface area contributed by atoms with Crippen molar-refractivity contribution in [2.45, 2.75) is 58.2 Å². The Kier molecular flexibility index (Phi) is 6.08. The highest BCUT2D eigenvalue weighted by atomic mass is 35.5. The van der Waals surface area contributed by atoms with E-state index in [9.17, 15) is 4.79 Å². The van der Waals surface area contributed by atoms with Crippen LogP contribution in [0.2, 0.25) is 5.02 Å². The number of amides is 1. The lowest BCUT2D eigenvalue weighted by atomic mass is 9.88. The van der Waals surface area contributed by atoms with Gasteiger partial charge in [0.25, 0.3) is 0 Å². The van der Waals surface area contributed by atoms with Crippen molar-refractivity contribution in [1.29, 1.82) is 0 Å². The summed E-state index contributed by atoms with van der Waals surface area (Å²) < 4.78 is 6.14. The number of piperidine rings is 1. The third-order valence-corrected chi connectivity index (χ3v) is 6.62. The van der Waals surface area contributed by atoms with Gasteiger partial charge in [-0.15, -0.1) is 0 Å². The van der Waals surface area contributed by atoms with Gasteiger partial charge in [0.05, 0.1) is 6.04 Å². The van der Waals surface area contributed by atoms with Gasteiger partial charge in [0.15, 0.2) is 0 Å². The van der Waals surface area contributed by atoms with E-state index >= 15 is 0 Å². The smallest absolute Gasteiger partial charge is 0.223 e. The van der Waals surface area contributed by atoms with E-state index in [2.05, 4.69) is 49.2 Å². The Morgan fingerprint density at radius 1 is 1.20 bits per heavy atom. The third kappa shape index (κ3) is 4.81. The van der Waals surface area contributed by atoms with Crippen LogP contribution in [0.5, 0.6) is 5.75 Å². The Balaban J connectivity index is 1.37. The number of rotatable bonds is 4. The Labute approximate surface area is 184 Å². The average molecular weight is 427 g/mol. The first kappa shape index (κ1) is 21.2. The molecule has 4 rings (SSSR count). The molecular formula is C25H31ClN2O2. The summed E-state index contributed by atoms with van der Waals surface area (Å²) in [6.45, 7) is 8.92. The molecular weight excluding hydrogens is 396 g/mol. The van der Waals surface area contributed by atoms with Crippen molar-refractivity contribution in [3.63, 3.8) is 0 Å². The number of carbonyl (C=O) groups is 1. The maximum absolute atomic E-state index is 13.1. The monoisotopic (exact) mass is 426 g/mol. The van der Waals surface area contributed by atoms with Crippen molar-refractivity contribution in [3.8, 4) is 5.75 Å². The summed E-state index contributed by atoms with van der Waals surface area (Å²) >= 11 is 6.31. The van der Waals surface area contributed by atoms with E-state index in [0.717, 1.165) is 60.8 Å². The molecule has 2 heterocycles. The van der Waals surface area contributed by atoms with Gasteiger partial charge in [0.2, 0.25) is 5.91 Å². The summed E-state index contributed by atoms with van der Waals surface area (Å²) in [6.07, 6.45) is 2.54. The van der Waals surface area contributed by atoms with Crippen molar-refractivity contribution < 1.29 is 9.53 Å². The van der Waals surface area contributed by atoms with Gasteiger partial charge in [0, 0.05) is 29.5 Å². The molecule has 0 radical (unpaired) electrons. The Bertz CT molecular complexity index is 919. The molecule has 1 N–H and O–H groups in total. The maximum atomic E-state index is 13.1. The normalized spacial score (nSPS) is 21.5. The Hall–Kier alpha value is -2.04. The van der Waals surface area contributed by atoms with Crippen LogP contribution in [-0.4, -0.2) is 29.5 Å². The molecule has 4 nitrogen and oxygen atoms in total. The summed E-state index contributed by atoms with van der Waals surface area (Å²) in [5.74, 6) is 1.12. The lowest BCUT2D eigenvalue weighted by Crippen LogP contribution is -2.45. The van der Waals surface area contributed by atoms with Gasteiger partial charge in [-0.1, -0.05) is 47.5 Å². The first-order valence-electron chi connectivity index (χ1n) is 10.9. The minimum Gasteiger partial charge on any atom is -0.487 e. The molecule has 0 saturated carbocycles. The van der Waals surface area contributed by atoms with Crippen LogP contribution in [0.1, 0.15) is 55.8 Å². The Morgan fingerprint density at radius 2 is 1.93 bits per heavy atom. The molecule has 1 amide bonds. The first-order valence-corrected chi connectivity index (χ1v) is 11.2. The number of nitrogens with one attached hydrogen (secondary N) is 1. The van der Waals surface area contributed by atoms with Crippen LogP contribution in [-0.2, 0) is 11.3 Å².